The fourth-order valence-electron chi connectivity index (χ4n) is 3.86. The highest BCUT2D eigenvalue weighted by atomic mass is 32.1. The highest BCUT2D eigenvalue weighted by Crippen LogP contribution is 2.23. The molecule has 1 saturated heterocycles. The van der Waals surface area contributed by atoms with E-state index in [1.54, 1.807) is 11.3 Å². The molecule has 0 aliphatic carbocycles. The van der Waals surface area contributed by atoms with Gasteiger partial charge >= 0.3 is 0 Å². The van der Waals surface area contributed by atoms with Gasteiger partial charge in [0, 0.05) is 37.4 Å². The number of hydrogen-bond acceptors (Lipinski definition) is 3. The Balaban J connectivity index is 1.36. The zero-order chi connectivity index (χ0) is 20.1. The summed E-state index contributed by atoms with van der Waals surface area (Å²) in [6.07, 6.45) is 0. The van der Waals surface area contributed by atoms with Gasteiger partial charge in [-0.1, -0.05) is 54.1 Å². The number of thiophene rings is 1. The summed E-state index contributed by atoms with van der Waals surface area (Å²) in [7, 11) is 0. The Kier molecular flexibility index (Phi) is 6.27. The van der Waals surface area contributed by atoms with Gasteiger partial charge in [0.1, 0.15) is 6.04 Å². The van der Waals surface area contributed by atoms with Crippen LogP contribution in [-0.2, 0) is 4.79 Å². The minimum Gasteiger partial charge on any atom is -0.368 e. The number of quaternary nitrogens is 1. The number of nitrogens with two attached hydrogens (primary N) is 1. The fourth-order valence-corrected chi connectivity index (χ4v) is 4.71. The summed E-state index contributed by atoms with van der Waals surface area (Å²) in [4.78, 5) is 18.5. The maximum absolute atomic E-state index is 12.9. The van der Waals surface area contributed by atoms with Crippen molar-refractivity contribution in [2.75, 3.05) is 37.6 Å². The zero-order valence-electron chi connectivity index (χ0n) is 16.8. The van der Waals surface area contributed by atoms with Gasteiger partial charge in [0.05, 0.1) is 4.88 Å². The number of anilines is 1. The first-order chi connectivity index (χ1) is 14.2. The number of rotatable bonds is 6. The second kappa shape index (κ2) is 9.25. The van der Waals surface area contributed by atoms with Crippen LogP contribution >= 0.6 is 11.3 Å². The number of nitrogens with zero attached hydrogens (tertiary/aromatic N) is 2. The highest BCUT2D eigenvalue weighted by molar-refractivity contribution is 7.10. The quantitative estimate of drug-likeness (QED) is 0.684. The predicted octanol–water partition coefficient (Wildman–Crippen LogP) is 3.06. The molecule has 1 aliphatic rings. The third kappa shape index (κ3) is 4.86. The first-order valence-electron chi connectivity index (χ1n) is 10.2. The van der Waals surface area contributed by atoms with Crippen molar-refractivity contribution in [2.24, 2.45) is 0 Å². The van der Waals surface area contributed by atoms with E-state index in [1.165, 1.54) is 21.7 Å². The maximum atomic E-state index is 12.9. The molecule has 2 N–H and O–H groups in total. The summed E-state index contributed by atoms with van der Waals surface area (Å²) in [5, 5.41) is 4.29. The number of carbonyl (C=O) groups excluding carboxylic acids is 1. The summed E-state index contributed by atoms with van der Waals surface area (Å²) in [5.74, 6) is 0.228. The smallest absolute Gasteiger partial charge is 0.277 e. The molecule has 4 nitrogen and oxygen atoms in total. The molecule has 150 valence electrons. The lowest BCUT2D eigenvalue weighted by Crippen LogP contribution is -2.87. The van der Waals surface area contributed by atoms with Crippen LogP contribution in [0.3, 0.4) is 0 Å². The fraction of sp³-hybridized carbons (Fsp3) is 0.292. The van der Waals surface area contributed by atoms with Gasteiger partial charge in [-0.3, -0.25) is 4.79 Å². The van der Waals surface area contributed by atoms with E-state index in [1.807, 2.05) is 11.0 Å². The molecule has 29 heavy (non-hydrogen) atoms. The Labute approximate surface area is 176 Å². The van der Waals surface area contributed by atoms with Gasteiger partial charge in [0.25, 0.3) is 5.91 Å². The van der Waals surface area contributed by atoms with E-state index in [0.29, 0.717) is 6.54 Å². The number of aryl methyl sites for hydroxylation is 1. The molecule has 1 amide bonds. The third-order valence-corrected chi connectivity index (χ3v) is 6.52. The van der Waals surface area contributed by atoms with Crippen molar-refractivity contribution in [2.45, 2.75) is 13.0 Å². The maximum Gasteiger partial charge on any atom is 0.277 e. The molecule has 0 saturated carbocycles. The van der Waals surface area contributed by atoms with Crippen LogP contribution in [0, 0.1) is 6.92 Å². The van der Waals surface area contributed by atoms with Gasteiger partial charge in [0.15, 0.2) is 6.54 Å². The second-order valence-electron chi connectivity index (χ2n) is 7.55. The van der Waals surface area contributed by atoms with Crippen LogP contribution in [0.1, 0.15) is 22.0 Å². The summed E-state index contributed by atoms with van der Waals surface area (Å²) >= 11 is 1.75. The standard InChI is InChI=1S/C24H27N3OS/c1-19-9-11-20(12-10-19)24(22-8-5-17-29-22)25-18-23(28)27-15-13-26(14-16-27)21-6-3-2-4-7-21/h2-12,17,24-25H,13-16,18H2,1H3/p+1/t24-/m1/s1. The lowest BCUT2D eigenvalue weighted by Gasteiger charge is -2.36. The molecule has 2 heterocycles. The van der Waals surface area contributed by atoms with Crippen LogP contribution < -0.4 is 10.2 Å². The Morgan fingerprint density at radius 1 is 0.966 bits per heavy atom. The molecule has 0 bridgehead atoms. The predicted molar refractivity (Wildman–Crippen MR) is 119 cm³/mol. The van der Waals surface area contributed by atoms with Gasteiger partial charge in [-0.05, 0) is 30.5 Å². The monoisotopic (exact) mass is 406 g/mol. The van der Waals surface area contributed by atoms with E-state index < -0.39 is 0 Å². The molecule has 0 spiro atoms. The molecule has 5 heteroatoms. The number of piperazine rings is 1. The molecule has 0 unspecified atom stereocenters. The molecule has 1 aliphatic heterocycles. The Bertz CT molecular complexity index is 901. The topological polar surface area (TPSA) is 40.2 Å². The molecule has 1 atom stereocenters. The first-order valence-corrected chi connectivity index (χ1v) is 11.1. The summed E-state index contributed by atoms with van der Waals surface area (Å²) in [5.41, 5.74) is 3.74. The molecule has 0 radical (unpaired) electrons. The number of amides is 1. The lowest BCUT2D eigenvalue weighted by molar-refractivity contribution is -0.676. The summed E-state index contributed by atoms with van der Waals surface area (Å²) < 4.78 is 0. The summed E-state index contributed by atoms with van der Waals surface area (Å²) in [6.45, 7) is 5.93. The van der Waals surface area contributed by atoms with Gasteiger partial charge in [-0.25, -0.2) is 0 Å². The van der Waals surface area contributed by atoms with Crippen molar-refractivity contribution in [1.82, 2.24) is 4.90 Å². The van der Waals surface area contributed by atoms with Crippen molar-refractivity contribution in [3.05, 3.63) is 88.1 Å². The number of carbonyl (C=O) groups is 1. The molecule has 3 aromatic rings. The average molecular weight is 407 g/mol. The van der Waals surface area contributed by atoms with E-state index in [4.69, 9.17) is 0 Å². The van der Waals surface area contributed by atoms with Crippen molar-refractivity contribution in [3.8, 4) is 0 Å². The molecule has 1 fully saturated rings. The Hall–Kier alpha value is -2.63. The molecule has 4 rings (SSSR count). The van der Waals surface area contributed by atoms with Crippen molar-refractivity contribution >= 4 is 22.9 Å². The van der Waals surface area contributed by atoms with Gasteiger partial charge in [0.2, 0.25) is 0 Å². The second-order valence-corrected chi connectivity index (χ2v) is 8.53. The number of benzene rings is 2. The van der Waals surface area contributed by atoms with Crippen LogP contribution in [0.25, 0.3) is 0 Å². The first kappa shape index (κ1) is 19.7. The minimum atomic E-state index is 0.171. The minimum absolute atomic E-state index is 0.171. The van der Waals surface area contributed by atoms with E-state index >= 15 is 0 Å². The Morgan fingerprint density at radius 3 is 2.34 bits per heavy atom. The van der Waals surface area contributed by atoms with Gasteiger partial charge in [-0.2, -0.15) is 0 Å². The molecule has 1 aromatic heterocycles. The van der Waals surface area contributed by atoms with Crippen LogP contribution in [0.2, 0.25) is 0 Å². The van der Waals surface area contributed by atoms with E-state index in [-0.39, 0.29) is 11.9 Å². The van der Waals surface area contributed by atoms with Gasteiger partial charge in [-0.15, -0.1) is 11.3 Å². The van der Waals surface area contributed by atoms with E-state index in [2.05, 4.69) is 83.2 Å². The number of para-hydroxylation sites is 1. The van der Waals surface area contributed by atoms with Crippen LogP contribution in [0.15, 0.2) is 72.1 Å². The lowest BCUT2D eigenvalue weighted by atomic mass is 10.0. The van der Waals surface area contributed by atoms with Gasteiger partial charge < -0.3 is 15.1 Å². The van der Waals surface area contributed by atoms with Crippen molar-refractivity contribution in [1.29, 1.82) is 0 Å². The average Bonchev–Trinajstić information content (AvgIpc) is 3.30. The highest BCUT2D eigenvalue weighted by Gasteiger charge is 2.25. The van der Waals surface area contributed by atoms with Crippen molar-refractivity contribution < 1.29 is 10.1 Å². The zero-order valence-corrected chi connectivity index (χ0v) is 17.6. The van der Waals surface area contributed by atoms with Crippen molar-refractivity contribution in [3.63, 3.8) is 0 Å². The summed E-state index contributed by atoms with van der Waals surface area (Å²) in [6, 6.07) is 23.5. The van der Waals surface area contributed by atoms with Crippen LogP contribution in [0.4, 0.5) is 5.69 Å². The third-order valence-electron chi connectivity index (χ3n) is 5.57. The van der Waals surface area contributed by atoms with E-state index in [9.17, 15) is 4.79 Å². The molecular weight excluding hydrogens is 378 g/mol. The molecule has 2 aromatic carbocycles. The number of hydrogen-bond donors (Lipinski definition) is 1. The molecular formula is C24H28N3OS+. The van der Waals surface area contributed by atoms with Crippen LogP contribution in [-0.4, -0.2) is 43.5 Å². The SMILES string of the molecule is Cc1ccc([C@@H]([NH2+]CC(=O)N2CCN(c3ccccc3)CC2)c2cccs2)cc1. The normalized spacial score (nSPS) is 15.3. The van der Waals surface area contributed by atoms with Crippen LogP contribution in [0.5, 0.6) is 0 Å². The largest absolute Gasteiger partial charge is 0.368 e. The van der Waals surface area contributed by atoms with E-state index in [0.717, 1.165) is 26.2 Å². The Morgan fingerprint density at radius 2 is 1.69 bits per heavy atom.